The molecular weight excluding hydrogens is 337 g/mol. The van der Waals surface area contributed by atoms with Gasteiger partial charge in [0.1, 0.15) is 0 Å². The van der Waals surface area contributed by atoms with E-state index in [1.807, 2.05) is 30.8 Å². The van der Waals surface area contributed by atoms with Crippen molar-refractivity contribution in [3.8, 4) is 0 Å². The molecule has 1 amide bonds. The number of aromatic nitrogens is 2. The summed E-state index contributed by atoms with van der Waals surface area (Å²) in [6.07, 6.45) is 1.86. The molecule has 0 unspecified atom stereocenters. The minimum Gasteiger partial charge on any atom is -0.346 e. The van der Waals surface area contributed by atoms with Crippen LogP contribution >= 0.6 is 33.9 Å². The monoisotopic (exact) mass is 347 g/mol. The minimum atomic E-state index is -0.0511. The number of hydrogen-bond acceptors (Lipinski definition) is 3. The van der Waals surface area contributed by atoms with Crippen molar-refractivity contribution in [1.29, 1.82) is 0 Å². The summed E-state index contributed by atoms with van der Waals surface area (Å²) in [6, 6.07) is 3.76. The molecule has 2 rings (SSSR count). The number of aryl methyl sites for hydroxylation is 1. The summed E-state index contributed by atoms with van der Waals surface area (Å²) in [7, 11) is 1.85. The molecule has 84 valence electrons. The van der Waals surface area contributed by atoms with Crippen molar-refractivity contribution in [3.63, 3.8) is 0 Å². The molecule has 0 aliphatic heterocycles. The Labute approximate surface area is 111 Å². The van der Waals surface area contributed by atoms with Crippen molar-refractivity contribution >= 4 is 39.8 Å². The van der Waals surface area contributed by atoms with Gasteiger partial charge in [0.15, 0.2) is 0 Å². The first-order valence-electron chi connectivity index (χ1n) is 4.66. The van der Waals surface area contributed by atoms with Crippen LogP contribution in [0.3, 0.4) is 0 Å². The van der Waals surface area contributed by atoms with Crippen molar-refractivity contribution in [3.05, 3.63) is 37.9 Å². The number of amides is 1. The van der Waals surface area contributed by atoms with Crippen LogP contribution in [0.2, 0.25) is 0 Å². The predicted octanol–water partition coefficient (Wildman–Crippen LogP) is 2.02. The number of rotatable bonds is 3. The SMILES string of the molecule is Cn1ccc(CNC(=O)c2csc(I)c2)n1. The average molecular weight is 347 g/mol. The molecule has 0 bridgehead atoms. The first-order valence-corrected chi connectivity index (χ1v) is 6.62. The van der Waals surface area contributed by atoms with Crippen LogP contribution in [0.4, 0.5) is 0 Å². The van der Waals surface area contributed by atoms with Crippen LogP contribution in [0.1, 0.15) is 16.1 Å². The molecule has 16 heavy (non-hydrogen) atoms. The molecule has 0 atom stereocenters. The molecule has 0 saturated carbocycles. The van der Waals surface area contributed by atoms with E-state index in [-0.39, 0.29) is 5.91 Å². The second kappa shape index (κ2) is 4.96. The van der Waals surface area contributed by atoms with E-state index < -0.39 is 0 Å². The van der Waals surface area contributed by atoms with Crippen LogP contribution in [0.25, 0.3) is 0 Å². The first kappa shape index (κ1) is 11.6. The van der Waals surface area contributed by atoms with E-state index in [0.717, 1.165) is 8.58 Å². The van der Waals surface area contributed by atoms with Gasteiger partial charge in [0, 0.05) is 18.6 Å². The van der Waals surface area contributed by atoms with Crippen molar-refractivity contribution in [2.24, 2.45) is 7.05 Å². The Morgan fingerprint density at radius 2 is 2.50 bits per heavy atom. The van der Waals surface area contributed by atoms with E-state index in [9.17, 15) is 4.79 Å². The van der Waals surface area contributed by atoms with Crippen molar-refractivity contribution < 1.29 is 4.79 Å². The molecule has 0 saturated heterocycles. The van der Waals surface area contributed by atoms with Gasteiger partial charge in [-0.2, -0.15) is 5.10 Å². The zero-order chi connectivity index (χ0) is 11.5. The normalized spacial score (nSPS) is 10.4. The zero-order valence-electron chi connectivity index (χ0n) is 8.61. The molecule has 2 aromatic rings. The number of carbonyl (C=O) groups excluding carboxylic acids is 1. The van der Waals surface area contributed by atoms with Crippen molar-refractivity contribution in [2.45, 2.75) is 6.54 Å². The molecule has 6 heteroatoms. The van der Waals surface area contributed by atoms with Gasteiger partial charge in [-0.25, -0.2) is 0 Å². The first-order chi connectivity index (χ1) is 7.65. The number of thiophene rings is 1. The van der Waals surface area contributed by atoms with Gasteiger partial charge < -0.3 is 5.32 Å². The number of halogens is 1. The van der Waals surface area contributed by atoms with Gasteiger partial charge in [-0.15, -0.1) is 11.3 Å². The number of nitrogens with zero attached hydrogens (tertiary/aromatic N) is 2. The van der Waals surface area contributed by atoms with Gasteiger partial charge in [0.25, 0.3) is 5.91 Å². The fourth-order valence-electron chi connectivity index (χ4n) is 1.26. The molecule has 4 nitrogen and oxygen atoms in total. The molecular formula is C10H10IN3OS. The second-order valence-electron chi connectivity index (χ2n) is 3.30. The highest BCUT2D eigenvalue weighted by molar-refractivity contribution is 14.1. The lowest BCUT2D eigenvalue weighted by atomic mass is 10.3. The van der Waals surface area contributed by atoms with Crippen LogP contribution in [-0.2, 0) is 13.6 Å². The largest absolute Gasteiger partial charge is 0.346 e. The highest BCUT2D eigenvalue weighted by Gasteiger charge is 2.07. The Kier molecular flexibility index (Phi) is 3.59. The Morgan fingerprint density at radius 3 is 3.06 bits per heavy atom. The third-order valence-electron chi connectivity index (χ3n) is 2.03. The average Bonchev–Trinajstić information content (AvgIpc) is 2.84. The van der Waals surface area contributed by atoms with E-state index in [0.29, 0.717) is 12.1 Å². The quantitative estimate of drug-likeness (QED) is 0.864. The van der Waals surface area contributed by atoms with Crippen molar-refractivity contribution in [2.75, 3.05) is 0 Å². The summed E-state index contributed by atoms with van der Waals surface area (Å²) < 4.78 is 2.83. The third kappa shape index (κ3) is 2.82. The van der Waals surface area contributed by atoms with E-state index in [1.165, 1.54) is 0 Å². The maximum absolute atomic E-state index is 11.7. The summed E-state index contributed by atoms with van der Waals surface area (Å²) in [4.78, 5) is 11.7. The molecule has 0 aliphatic carbocycles. The molecule has 1 N–H and O–H groups in total. The molecule has 2 aromatic heterocycles. The topological polar surface area (TPSA) is 46.9 Å². The van der Waals surface area contributed by atoms with Crippen LogP contribution in [-0.4, -0.2) is 15.7 Å². The standard InChI is InChI=1S/C10H10IN3OS/c1-14-3-2-8(13-14)5-12-10(15)7-4-9(11)16-6-7/h2-4,6H,5H2,1H3,(H,12,15). The van der Waals surface area contributed by atoms with Crippen molar-refractivity contribution in [1.82, 2.24) is 15.1 Å². The summed E-state index contributed by atoms with van der Waals surface area (Å²) in [5.41, 5.74) is 1.58. The Balaban J connectivity index is 1.93. The number of carbonyl (C=O) groups is 1. The number of nitrogens with one attached hydrogen (secondary N) is 1. The summed E-state index contributed by atoms with van der Waals surface area (Å²) in [5.74, 6) is -0.0511. The maximum Gasteiger partial charge on any atom is 0.252 e. The maximum atomic E-state index is 11.7. The highest BCUT2D eigenvalue weighted by atomic mass is 127. The third-order valence-corrected chi connectivity index (χ3v) is 3.82. The fourth-order valence-corrected chi connectivity index (χ4v) is 2.59. The van der Waals surface area contributed by atoms with E-state index in [4.69, 9.17) is 0 Å². The van der Waals surface area contributed by atoms with Gasteiger partial charge in [-0.1, -0.05) is 0 Å². The molecule has 2 heterocycles. The lowest BCUT2D eigenvalue weighted by molar-refractivity contribution is 0.0951. The van der Waals surface area contributed by atoms with E-state index >= 15 is 0 Å². The smallest absolute Gasteiger partial charge is 0.252 e. The molecule has 0 fully saturated rings. The van der Waals surface area contributed by atoms with Gasteiger partial charge in [0.2, 0.25) is 0 Å². The lowest BCUT2D eigenvalue weighted by Crippen LogP contribution is -2.22. The van der Waals surface area contributed by atoms with Gasteiger partial charge in [-0.05, 0) is 34.7 Å². The highest BCUT2D eigenvalue weighted by Crippen LogP contribution is 2.16. The minimum absolute atomic E-state index is 0.0511. The molecule has 0 spiro atoms. The molecule has 0 aromatic carbocycles. The predicted molar refractivity (Wildman–Crippen MR) is 71.4 cm³/mol. The second-order valence-corrected chi connectivity index (χ2v) is 6.11. The van der Waals surface area contributed by atoms with E-state index in [1.54, 1.807) is 16.0 Å². The Hall–Kier alpha value is -0.890. The summed E-state index contributed by atoms with van der Waals surface area (Å²) in [5, 5.41) is 8.87. The lowest BCUT2D eigenvalue weighted by Gasteiger charge is -2.00. The zero-order valence-corrected chi connectivity index (χ0v) is 11.6. The van der Waals surface area contributed by atoms with Crippen LogP contribution < -0.4 is 5.32 Å². The fraction of sp³-hybridized carbons (Fsp3) is 0.200. The van der Waals surface area contributed by atoms with Gasteiger partial charge in [0.05, 0.1) is 20.7 Å². The van der Waals surface area contributed by atoms with Crippen LogP contribution in [0, 0.1) is 2.88 Å². The van der Waals surface area contributed by atoms with Crippen LogP contribution in [0.5, 0.6) is 0 Å². The van der Waals surface area contributed by atoms with Gasteiger partial charge >= 0.3 is 0 Å². The summed E-state index contributed by atoms with van der Waals surface area (Å²) in [6.45, 7) is 0.464. The molecule has 0 aliphatic rings. The molecule has 0 radical (unpaired) electrons. The summed E-state index contributed by atoms with van der Waals surface area (Å²) >= 11 is 3.76. The number of hydrogen-bond donors (Lipinski definition) is 1. The Morgan fingerprint density at radius 1 is 1.69 bits per heavy atom. The van der Waals surface area contributed by atoms with E-state index in [2.05, 4.69) is 33.0 Å². The Bertz CT molecular complexity index is 506. The van der Waals surface area contributed by atoms with Crippen LogP contribution in [0.15, 0.2) is 23.7 Å². The van der Waals surface area contributed by atoms with Gasteiger partial charge in [-0.3, -0.25) is 9.48 Å².